The minimum atomic E-state index is -0.528. The number of hydrogen-bond donors (Lipinski definition) is 4. The van der Waals surface area contributed by atoms with Crippen molar-refractivity contribution in [2.75, 3.05) is 43.8 Å². The molecule has 10 nitrogen and oxygen atoms in total. The van der Waals surface area contributed by atoms with Crippen LogP contribution in [0.25, 0.3) is 11.1 Å². The first-order valence-electron chi connectivity index (χ1n) is 21.5. The molecule has 10 heteroatoms. The Bertz CT molecular complexity index is 2100. The summed E-state index contributed by atoms with van der Waals surface area (Å²) in [4.78, 5) is 30.2. The third kappa shape index (κ3) is 12.3. The van der Waals surface area contributed by atoms with Crippen molar-refractivity contribution < 1.29 is 24.2 Å². The molecule has 2 fully saturated rings. The van der Waals surface area contributed by atoms with E-state index >= 15 is 0 Å². The number of hydrogen-bond acceptors (Lipinski definition) is 8. The van der Waals surface area contributed by atoms with Gasteiger partial charge in [-0.3, -0.25) is 19.4 Å². The van der Waals surface area contributed by atoms with Gasteiger partial charge in [0.05, 0.1) is 30.2 Å². The highest BCUT2D eigenvalue weighted by atomic mass is 16.7. The number of nitrogens with two attached hydrogens (primary N) is 1. The molecule has 0 saturated carbocycles. The molecule has 5 N–H and O–H groups in total. The quantitative estimate of drug-likeness (QED) is 0.0514. The van der Waals surface area contributed by atoms with Crippen LogP contribution in [0.3, 0.4) is 0 Å². The van der Waals surface area contributed by atoms with Crippen LogP contribution in [0.4, 0.5) is 11.4 Å². The standard InChI is InChI=1S/C50H59N5O5/c51-45-16-10-11-17-46(45)53-49(58)19-7-2-1-6-18-48(57)52-33-42-14-8-9-15-44(42)39-24-26-41(27-25-39)50-59-43(32-47(60-50)40-22-20-38(36-56)21-23-40)35-55-30-28-54(29-31-55)34-37-12-4-3-5-13-37/h3-5,8-17,20-27,43,47,50,56H,1-2,6-7,18-19,28-36,51H2,(H,52,57)(H,53,58)/t43-,47+,50+/m1/s1. The zero-order chi connectivity index (χ0) is 41.5. The maximum Gasteiger partial charge on any atom is 0.224 e. The SMILES string of the molecule is Nc1ccccc1NC(=O)CCCCCCC(=O)NCc1ccccc1-c1ccc([C@H]2O[C@@H](CN3CCN(Cc4ccccc4)CC3)C[C@@H](c3ccc(CO)cc3)O2)cc1. The lowest BCUT2D eigenvalue weighted by atomic mass is 9.97. The number of aliphatic hydroxyl groups is 1. The number of benzene rings is 5. The van der Waals surface area contributed by atoms with Crippen LogP contribution in [0, 0.1) is 0 Å². The van der Waals surface area contributed by atoms with Gasteiger partial charge in [-0.25, -0.2) is 0 Å². The van der Waals surface area contributed by atoms with Crippen LogP contribution in [0.5, 0.6) is 0 Å². The monoisotopic (exact) mass is 809 g/mol. The highest BCUT2D eigenvalue weighted by Crippen LogP contribution is 2.39. The molecule has 0 bridgehead atoms. The molecule has 5 aromatic rings. The fraction of sp³-hybridized carbons (Fsp3) is 0.360. The first kappa shape index (κ1) is 42.8. The number of amides is 2. The first-order chi connectivity index (χ1) is 29.4. The Morgan fingerprint density at radius 2 is 1.32 bits per heavy atom. The Hall–Kier alpha value is -5.36. The number of ether oxygens (including phenoxy) is 2. The number of carbonyl (C=O) groups is 2. The molecule has 314 valence electrons. The summed E-state index contributed by atoms with van der Waals surface area (Å²) in [7, 11) is 0. The lowest BCUT2D eigenvalue weighted by Gasteiger charge is -2.40. The molecule has 2 aliphatic rings. The van der Waals surface area contributed by atoms with Gasteiger partial charge in [0.25, 0.3) is 0 Å². The molecule has 3 atom stereocenters. The number of nitrogens with one attached hydrogen (secondary N) is 2. The smallest absolute Gasteiger partial charge is 0.224 e. The number of aliphatic hydroxyl groups excluding tert-OH is 1. The molecule has 0 radical (unpaired) electrons. The van der Waals surface area contributed by atoms with E-state index in [1.807, 2.05) is 36.4 Å². The molecule has 0 unspecified atom stereocenters. The van der Waals surface area contributed by atoms with Crippen molar-refractivity contribution in [1.82, 2.24) is 15.1 Å². The van der Waals surface area contributed by atoms with Gasteiger partial charge in [0.15, 0.2) is 6.29 Å². The second-order valence-electron chi connectivity index (χ2n) is 16.0. The fourth-order valence-electron chi connectivity index (χ4n) is 8.10. The van der Waals surface area contributed by atoms with E-state index in [-0.39, 0.29) is 30.6 Å². The van der Waals surface area contributed by atoms with Gasteiger partial charge in [0.1, 0.15) is 0 Å². The topological polar surface area (TPSA) is 129 Å². The predicted molar refractivity (Wildman–Crippen MR) is 237 cm³/mol. The Morgan fingerprint density at radius 3 is 2.05 bits per heavy atom. The van der Waals surface area contributed by atoms with Gasteiger partial charge in [-0.05, 0) is 58.4 Å². The van der Waals surface area contributed by atoms with E-state index in [0.29, 0.717) is 30.8 Å². The number of nitrogens with zero attached hydrogens (tertiary/aromatic N) is 2. The summed E-state index contributed by atoms with van der Waals surface area (Å²) in [6, 6.07) is 42.6. The Balaban J connectivity index is 0.906. The number of para-hydroxylation sites is 2. The van der Waals surface area contributed by atoms with Crippen LogP contribution >= 0.6 is 0 Å². The van der Waals surface area contributed by atoms with Crippen LogP contribution in [0.1, 0.15) is 85.2 Å². The van der Waals surface area contributed by atoms with Crippen molar-refractivity contribution in [1.29, 1.82) is 0 Å². The van der Waals surface area contributed by atoms with Gasteiger partial charge in [-0.1, -0.05) is 128 Å². The Kier molecular flexibility index (Phi) is 15.5. The number of anilines is 2. The van der Waals surface area contributed by atoms with Crippen LogP contribution in [0.15, 0.2) is 127 Å². The summed E-state index contributed by atoms with van der Waals surface area (Å²) in [6.07, 6.45) is 4.24. The summed E-state index contributed by atoms with van der Waals surface area (Å²) in [5.74, 6) is -0.0260. The van der Waals surface area contributed by atoms with Gasteiger partial charge in [-0.15, -0.1) is 0 Å². The summed E-state index contributed by atoms with van der Waals surface area (Å²) in [5, 5.41) is 15.6. The molecule has 5 aromatic carbocycles. The Morgan fingerprint density at radius 1 is 0.667 bits per heavy atom. The molecular weight excluding hydrogens is 751 g/mol. The number of unbranched alkanes of at least 4 members (excludes halogenated alkanes) is 3. The average Bonchev–Trinajstić information content (AvgIpc) is 3.29. The molecule has 7 rings (SSSR count). The highest BCUT2D eigenvalue weighted by Gasteiger charge is 2.34. The number of piperazine rings is 1. The fourth-order valence-corrected chi connectivity index (χ4v) is 8.10. The van der Waals surface area contributed by atoms with Crippen LogP contribution < -0.4 is 16.4 Å². The van der Waals surface area contributed by atoms with Crippen LogP contribution in [-0.4, -0.2) is 65.5 Å². The third-order valence-electron chi connectivity index (χ3n) is 11.6. The van der Waals surface area contributed by atoms with E-state index in [9.17, 15) is 14.7 Å². The number of nitrogen functional groups attached to an aromatic ring is 1. The zero-order valence-corrected chi connectivity index (χ0v) is 34.5. The van der Waals surface area contributed by atoms with E-state index in [2.05, 4.69) is 99.3 Å². The molecule has 60 heavy (non-hydrogen) atoms. The van der Waals surface area contributed by atoms with Gasteiger partial charge >= 0.3 is 0 Å². The molecule has 0 aromatic heterocycles. The van der Waals surface area contributed by atoms with Crippen molar-refractivity contribution in [3.8, 4) is 11.1 Å². The summed E-state index contributed by atoms with van der Waals surface area (Å²) in [6.45, 7) is 6.30. The van der Waals surface area contributed by atoms with Gasteiger partial charge in [-0.2, -0.15) is 0 Å². The maximum absolute atomic E-state index is 12.8. The minimum Gasteiger partial charge on any atom is -0.397 e. The van der Waals surface area contributed by atoms with Crippen molar-refractivity contribution in [2.24, 2.45) is 0 Å². The average molecular weight is 810 g/mol. The van der Waals surface area contributed by atoms with E-state index in [1.54, 1.807) is 12.1 Å². The normalized spacial score (nSPS) is 18.5. The Labute approximate surface area is 354 Å². The largest absolute Gasteiger partial charge is 0.397 e. The molecule has 2 saturated heterocycles. The predicted octanol–water partition coefficient (Wildman–Crippen LogP) is 8.39. The lowest BCUT2D eigenvalue weighted by Crippen LogP contribution is -2.49. The van der Waals surface area contributed by atoms with Crippen molar-refractivity contribution in [3.05, 3.63) is 155 Å². The van der Waals surface area contributed by atoms with E-state index < -0.39 is 6.29 Å². The van der Waals surface area contributed by atoms with Crippen LogP contribution in [0.2, 0.25) is 0 Å². The molecular formula is C50H59N5O5. The zero-order valence-electron chi connectivity index (χ0n) is 34.5. The molecule has 0 aliphatic carbocycles. The van der Waals surface area contributed by atoms with Gasteiger partial charge in [0, 0.05) is 70.6 Å². The maximum atomic E-state index is 12.8. The molecule has 2 heterocycles. The van der Waals surface area contributed by atoms with Crippen molar-refractivity contribution in [2.45, 2.75) is 83.1 Å². The van der Waals surface area contributed by atoms with Crippen molar-refractivity contribution in [3.63, 3.8) is 0 Å². The molecule has 2 amide bonds. The number of rotatable bonds is 18. The molecule has 0 spiro atoms. The lowest BCUT2D eigenvalue weighted by molar-refractivity contribution is -0.253. The highest BCUT2D eigenvalue weighted by molar-refractivity contribution is 5.93. The van der Waals surface area contributed by atoms with Crippen molar-refractivity contribution >= 4 is 23.2 Å². The second kappa shape index (κ2) is 21.8. The third-order valence-corrected chi connectivity index (χ3v) is 11.6. The second-order valence-corrected chi connectivity index (χ2v) is 16.0. The van der Waals surface area contributed by atoms with Gasteiger partial charge in [0.2, 0.25) is 11.8 Å². The van der Waals surface area contributed by atoms with E-state index in [0.717, 1.165) is 105 Å². The van der Waals surface area contributed by atoms with Crippen LogP contribution in [-0.2, 0) is 38.8 Å². The molecule has 2 aliphatic heterocycles. The summed E-state index contributed by atoms with van der Waals surface area (Å²) >= 11 is 0. The van der Waals surface area contributed by atoms with E-state index in [1.165, 1.54) is 5.56 Å². The number of carbonyl (C=O) groups excluding carboxylic acids is 2. The van der Waals surface area contributed by atoms with E-state index in [4.69, 9.17) is 15.2 Å². The minimum absolute atomic E-state index is 0.00914. The summed E-state index contributed by atoms with van der Waals surface area (Å²) < 4.78 is 13.4. The first-order valence-corrected chi connectivity index (χ1v) is 21.5. The summed E-state index contributed by atoms with van der Waals surface area (Å²) in [5.41, 5.74) is 14.6. The van der Waals surface area contributed by atoms with Gasteiger partial charge < -0.3 is 30.9 Å².